The SMILES string of the molecule is Cc1c(-c2ccccc2)cccc1-c1nnc(CCl)s1. The highest BCUT2D eigenvalue weighted by Gasteiger charge is 2.11. The summed E-state index contributed by atoms with van der Waals surface area (Å²) in [6, 6.07) is 16.7. The molecule has 0 unspecified atom stereocenters. The molecule has 0 fully saturated rings. The molecule has 2 aromatic carbocycles. The molecule has 0 saturated carbocycles. The molecule has 0 bridgehead atoms. The van der Waals surface area contributed by atoms with E-state index in [1.165, 1.54) is 16.7 Å². The van der Waals surface area contributed by atoms with Crippen molar-refractivity contribution in [3.8, 4) is 21.7 Å². The minimum atomic E-state index is 0.412. The van der Waals surface area contributed by atoms with E-state index in [-0.39, 0.29) is 0 Å². The van der Waals surface area contributed by atoms with Gasteiger partial charge < -0.3 is 0 Å². The number of halogens is 1. The lowest BCUT2D eigenvalue weighted by molar-refractivity contribution is 1.04. The summed E-state index contributed by atoms with van der Waals surface area (Å²) in [7, 11) is 0. The van der Waals surface area contributed by atoms with Crippen molar-refractivity contribution in [2.24, 2.45) is 0 Å². The maximum atomic E-state index is 5.80. The van der Waals surface area contributed by atoms with E-state index in [2.05, 4.69) is 59.6 Å². The quantitative estimate of drug-likeness (QED) is 0.642. The molecule has 1 heterocycles. The van der Waals surface area contributed by atoms with Crippen molar-refractivity contribution in [2.75, 3.05) is 0 Å². The van der Waals surface area contributed by atoms with E-state index in [9.17, 15) is 0 Å². The van der Waals surface area contributed by atoms with Crippen LogP contribution in [0.4, 0.5) is 0 Å². The minimum Gasteiger partial charge on any atom is -0.142 e. The topological polar surface area (TPSA) is 25.8 Å². The second-order valence-corrected chi connectivity index (χ2v) is 5.81. The number of aromatic nitrogens is 2. The van der Waals surface area contributed by atoms with Crippen LogP contribution in [0.25, 0.3) is 21.7 Å². The number of alkyl halides is 1. The molecule has 2 nitrogen and oxygen atoms in total. The summed E-state index contributed by atoms with van der Waals surface area (Å²) in [5.74, 6) is 0.412. The summed E-state index contributed by atoms with van der Waals surface area (Å²) in [4.78, 5) is 0. The molecule has 0 N–H and O–H groups in total. The second-order valence-electron chi connectivity index (χ2n) is 4.48. The van der Waals surface area contributed by atoms with Crippen LogP contribution in [0.1, 0.15) is 10.6 Å². The number of hydrogen-bond acceptors (Lipinski definition) is 3. The fourth-order valence-electron chi connectivity index (χ4n) is 2.21. The van der Waals surface area contributed by atoms with Crippen LogP contribution < -0.4 is 0 Å². The molecule has 4 heteroatoms. The Labute approximate surface area is 127 Å². The van der Waals surface area contributed by atoms with E-state index < -0.39 is 0 Å². The standard InChI is InChI=1S/C16H13ClN2S/c1-11-13(12-6-3-2-4-7-12)8-5-9-14(11)16-19-18-15(10-17)20-16/h2-9H,10H2,1H3. The van der Waals surface area contributed by atoms with Crippen LogP contribution >= 0.6 is 22.9 Å². The van der Waals surface area contributed by atoms with Gasteiger partial charge in [0.15, 0.2) is 0 Å². The smallest absolute Gasteiger partial charge is 0.142 e. The highest BCUT2D eigenvalue weighted by atomic mass is 35.5. The Morgan fingerprint density at radius 3 is 2.40 bits per heavy atom. The molecule has 0 atom stereocenters. The lowest BCUT2D eigenvalue weighted by atomic mass is 9.97. The van der Waals surface area contributed by atoms with E-state index in [1.54, 1.807) is 11.3 Å². The van der Waals surface area contributed by atoms with Gasteiger partial charge >= 0.3 is 0 Å². The van der Waals surface area contributed by atoms with E-state index in [4.69, 9.17) is 11.6 Å². The summed E-state index contributed by atoms with van der Waals surface area (Å²) in [5, 5.41) is 10.1. The van der Waals surface area contributed by atoms with Crippen molar-refractivity contribution in [2.45, 2.75) is 12.8 Å². The molecule has 0 amide bonds. The first-order valence-corrected chi connectivity index (χ1v) is 7.68. The zero-order valence-electron chi connectivity index (χ0n) is 11.0. The van der Waals surface area contributed by atoms with Crippen molar-refractivity contribution >= 4 is 22.9 Å². The van der Waals surface area contributed by atoms with Gasteiger partial charge in [-0.1, -0.05) is 59.9 Å². The summed E-state index contributed by atoms with van der Waals surface area (Å²) in [6.45, 7) is 2.12. The Kier molecular flexibility index (Phi) is 3.81. The highest BCUT2D eigenvalue weighted by molar-refractivity contribution is 7.14. The van der Waals surface area contributed by atoms with E-state index >= 15 is 0 Å². The van der Waals surface area contributed by atoms with Crippen molar-refractivity contribution in [1.82, 2.24) is 10.2 Å². The largest absolute Gasteiger partial charge is 0.148 e. The maximum Gasteiger partial charge on any atom is 0.148 e. The van der Waals surface area contributed by atoms with Gasteiger partial charge in [0.2, 0.25) is 0 Å². The first-order chi connectivity index (χ1) is 9.79. The van der Waals surface area contributed by atoms with Gasteiger partial charge in [0, 0.05) is 5.56 Å². The predicted octanol–water partition coefficient (Wildman–Crippen LogP) is 4.92. The maximum absolute atomic E-state index is 5.80. The molecule has 0 aliphatic heterocycles. The van der Waals surface area contributed by atoms with Gasteiger partial charge in [0.05, 0.1) is 5.88 Å². The van der Waals surface area contributed by atoms with Crippen LogP contribution in [-0.4, -0.2) is 10.2 Å². The molecule has 0 spiro atoms. The molecule has 0 aliphatic rings. The zero-order chi connectivity index (χ0) is 13.9. The molecule has 20 heavy (non-hydrogen) atoms. The minimum absolute atomic E-state index is 0.412. The zero-order valence-corrected chi connectivity index (χ0v) is 12.6. The fraction of sp³-hybridized carbons (Fsp3) is 0.125. The second kappa shape index (κ2) is 5.73. The van der Waals surface area contributed by atoms with Crippen LogP contribution in [0.2, 0.25) is 0 Å². The van der Waals surface area contributed by atoms with Gasteiger partial charge in [-0.25, -0.2) is 0 Å². The highest BCUT2D eigenvalue weighted by Crippen LogP contribution is 2.33. The van der Waals surface area contributed by atoms with Crippen molar-refractivity contribution in [3.05, 3.63) is 59.1 Å². The first kappa shape index (κ1) is 13.3. The molecule has 0 saturated heterocycles. The van der Waals surface area contributed by atoms with E-state index in [0.29, 0.717) is 5.88 Å². The normalized spacial score (nSPS) is 10.7. The average molecular weight is 301 g/mol. The lowest BCUT2D eigenvalue weighted by Crippen LogP contribution is -1.88. The Balaban J connectivity index is 2.10. The number of nitrogens with zero attached hydrogens (tertiary/aromatic N) is 2. The van der Waals surface area contributed by atoms with Crippen molar-refractivity contribution in [1.29, 1.82) is 0 Å². The van der Waals surface area contributed by atoms with Gasteiger partial charge in [-0.3, -0.25) is 0 Å². The monoisotopic (exact) mass is 300 g/mol. The Morgan fingerprint density at radius 2 is 1.70 bits per heavy atom. The van der Waals surface area contributed by atoms with Crippen LogP contribution in [0.15, 0.2) is 48.5 Å². The van der Waals surface area contributed by atoms with Crippen LogP contribution in [0.5, 0.6) is 0 Å². The predicted molar refractivity (Wildman–Crippen MR) is 85.1 cm³/mol. The van der Waals surface area contributed by atoms with Crippen molar-refractivity contribution < 1.29 is 0 Å². The van der Waals surface area contributed by atoms with Crippen molar-refractivity contribution in [3.63, 3.8) is 0 Å². The van der Waals surface area contributed by atoms with Gasteiger partial charge in [-0.15, -0.1) is 21.8 Å². The summed E-state index contributed by atoms with van der Waals surface area (Å²) in [5.41, 5.74) is 4.79. The first-order valence-electron chi connectivity index (χ1n) is 6.33. The molecule has 3 aromatic rings. The average Bonchev–Trinajstić information content (AvgIpc) is 2.97. The molecule has 0 aliphatic carbocycles. The Hall–Kier alpha value is -1.71. The van der Waals surface area contributed by atoms with Gasteiger partial charge in [0.25, 0.3) is 0 Å². The third kappa shape index (κ3) is 2.47. The van der Waals surface area contributed by atoms with Gasteiger partial charge in [-0.05, 0) is 23.6 Å². The summed E-state index contributed by atoms with van der Waals surface area (Å²) < 4.78 is 0. The van der Waals surface area contributed by atoms with E-state index in [1.807, 2.05) is 6.07 Å². The van der Waals surface area contributed by atoms with Gasteiger partial charge in [-0.2, -0.15) is 0 Å². The fourth-order valence-corrected chi connectivity index (χ4v) is 3.20. The number of hydrogen-bond donors (Lipinski definition) is 0. The molecule has 1 aromatic heterocycles. The summed E-state index contributed by atoms with van der Waals surface area (Å²) >= 11 is 7.35. The van der Waals surface area contributed by atoms with Gasteiger partial charge in [0.1, 0.15) is 10.0 Å². The van der Waals surface area contributed by atoms with Crippen LogP contribution in [-0.2, 0) is 5.88 Å². The molecular formula is C16H13ClN2S. The molecule has 3 rings (SSSR count). The van der Waals surface area contributed by atoms with Crippen LogP contribution in [0, 0.1) is 6.92 Å². The third-order valence-electron chi connectivity index (χ3n) is 3.23. The Bertz CT molecular complexity index is 722. The molecule has 0 radical (unpaired) electrons. The Morgan fingerprint density at radius 1 is 0.950 bits per heavy atom. The third-order valence-corrected chi connectivity index (χ3v) is 4.60. The number of rotatable bonds is 3. The van der Waals surface area contributed by atoms with Crippen LogP contribution in [0.3, 0.4) is 0 Å². The molecular weight excluding hydrogens is 288 g/mol. The lowest BCUT2D eigenvalue weighted by Gasteiger charge is -2.09. The van der Waals surface area contributed by atoms with E-state index in [0.717, 1.165) is 15.6 Å². The molecule has 100 valence electrons. The summed E-state index contributed by atoms with van der Waals surface area (Å²) in [6.07, 6.45) is 0. The number of benzene rings is 2.